The lowest BCUT2D eigenvalue weighted by molar-refractivity contribution is -1.23. The van der Waals surface area contributed by atoms with Crippen LogP contribution in [0.1, 0.15) is 0 Å². The molecule has 0 saturated carbocycles. The van der Waals surface area contributed by atoms with Crippen molar-refractivity contribution in [3.63, 3.8) is 0 Å². The first-order valence-corrected chi connectivity index (χ1v) is 6.64. The van der Waals surface area contributed by atoms with Crippen molar-refractivity contribution < 1.29 is 70.4 Å². The van der Waals surface area contributed by atoms with Crippen molar-refractivity contribution in [2.75, 3.05) is 19.7 Å². The molecule has 1 heterocycles. The van der Waals surface area contributed by atoms with Gasteiger partial charge < -0.3 is 29.5 Å². The lowest BCUT2D eigenvalue weighted by Crippen LogP contribution is -3.08. The number of aliphatic hydroxyl groups excluding tert-OH is 3. The van der Waals surface area contributed by atoms with E-state index < -0.39 is 72.8 Å². The van der Waals surface area contributed by atoms with Gasteiger partial charge in [0.15, 0.2) is 0 Å². The van der Waals surface area contributed by atoms with Crippen LogP contribution in [0.2, 0.25) is 0 Å². The highest BCUT2D eigenvalue weighted by molar-refractivity contribution is 5.70. The molecule has 140 valence electrons. The molecule has 24 heavy (non-hydrogen) atoms. The van der Waals surface area contributed by atoms with Crippen molar-refractivity contribution in [2.24, 2.45) is 0 Å². The summed E-state index contributed by atoms with van der Waals surface area (Å²) in [7, 11) is 0. The minimum Gasteiger partial charge on any atom is -0.458 e. The first-order chi connectivity index (χ1) is 11.1. The smallest absolute Gasteiger partial charge is 0.370 e. The molecule has 0 amide bonds. The number of rotatable bonds is 7. The minimum absolute atomic E-state index is 0.650. The Bertz CT molecular complexity index is 430. The number of quaternary nitrogens is 2. The molecular formula is C10H20N2O12+2. The van der Waals surface area contributed by atoms with E-state index in [0.717, 1.165) is 0 Å². The highest BCUT2D eigenvalue weighted by Crippen LogP contribution is 2.22. The molecule has 1 saturated heterocycles. The summed E-state index contributed by atoms with van der Waals surface area (Å²) in [6.45, 7) is -2.38. The number of hydroxylamine groups is 4. The number of ether oxygens (including phenoxy) is 3. The van der Waals surface area contributed by atoms with Gasteiger partial charge in [-0.2, -0.15) is 20.8 Å². The largest absolute Gasteiger partial charge is 0.458 e. The second-order valence-electron chi connectivity index (χ2n) is 4.87. The Balaban J connectivity index is 2.62. The Labute approximate surface area is 134 Å². The molecule has 14 heteroatoms. The van der Waals surface area contributed by atoms with Crippen LogP contribution in [0, 0.1) is 0 Å². The van der Waals surface area contributed by atoms with Crippen LogP contribution >= 0.6 is 0 Å². The number of hydrogen-bond acceptors (Lipinski definition) is 12. The second kappa shape index (κ2) is 9.14. The summed E-state index contributed by atoms with van der Waals surface area (Å²) in [6.07, 6.45) is -8.53. The first kappa shape index (κ1) is 20.6. The molecule has 0 aliphatic carbocycles. The molecule has 5 atom stereocenters. The maximum absolute atomic E-state index is 11.3. The zero-order valence-electron chi connectivity index (χ0n) is 12.2. The number of carbonyl (C=O) groups excluding carboxylic acids is 2. The summed E-state index contributed by atoms with van der Waals surface area (Å²) in [5.74, 6) is -2.27. The van der Waals surface area contributed by atoms with Gasteiger partial charge >= 0.3 is 11.9 Å². The van der Waals surface area contributed by atoms with Gasteiger partial charge in [0.05, 0.1) is 0 Å². The summed E-state index contributed by atoms with van der Waals surface area (Å²) in [6, 6.07) is 0. The van der Waals surface area contributed by atoms with E-state index in [2.05, 4.69) is 9.47 Å². The molecule has 14 nitrogen and oxygen atoms in total. The van der Waals surface area contributed by atoms with E-state index in [1.54, 1.807) is 0 Å². The van der Waals surface area contributed by atoms with Crippen LogP contribution in [0.25, 0.3) is 0 Å². The van der Waals surface area contributed by atoms with Crippen LogP contribution in [0.3, 0.4) is 0 Å². The minimum atomic E-state index is -1.84. The van der Waals surface area contributed by atoms with Crippen molar-refractivity contribution in [1.29, 1.82) is 0 Å². The molecule has 0 aromatic rings. The van der Waals surface area contributed by atoms with Crippen LogP contribution in [-0.4, -0.2) is 98.5 Å². The fourth-order valence-corrected chi connectivity index (χ4v) is 1.81. The molecule has 0 unspecified atom stereocenters. The normalized spacial score (nSPS) is 30.5. The van der Waals surface area contributed by atoms with E-state index in [9.17, 15) is 24.9 Å². The van der Waals surface area contributed by atoms with Crippen LogP contribution < -0.4 is 10.5 Å². The highest BCUT2D eigenvalue weighted by Gasteiger charge is 2.46. The van der Waals surface area contributed by atoms with Gasteiger partial charge in [-0.05, 0) is 10.5 Å². The Morgan fingerprint density at radius 3 is 1.96 bits per heavy atom. The predicted molar refractivity (Wildman–Crippen MR) is 62.5 cm³/mol. The van der Waals surface area contributed by atoms with E-state index in [0.29, 0.717) is 0 Å². The number of hydrogen-bond donors (Lipinski definition) is 9. The SMILES string of the molecule is O=C(C[NH+](O)O)OC[C@H]1O[C@@H](OC(=O)C[NH+](O)O)[C@H](O)[C@@H](O)[C@@H]1O. The van der Waals surface area contributed by atoms with Gasteiger partial charge in [0, 0.05) is 0 Å². The van der Waals surface area contributed by atoms with Crippen LogP contribution in [0.4, 0.5) is 0 Å². The summed E-state index contributed by atoms with van der Waals surface area (Å²) in [4.78, 5) is 22.5. The van der Waals surface area contributed by atoms with Gasteiger partial charge in [-0.25, -0.2) is 9.59 Å². The van der Waals surface area contributed by atoms with Crippen LogP contribution in [0.15, 0.2) is 0 Å². The maximum atomic E-state index is 11.3. The fraction of sp³-hybridized carbons (Fsp3) is 0.800. The van der Waals surface area contributed by atoms with Crippen molar-refractivity contribution in [3.8, 4) is 0 Å². The Hall–Kier alpha value is -1.46. The van der Waals surface area contributed by atoms with Crippen molar-refractivity contribution in [3.05, 3.63) is 0 Å². The van der Waals surface area contributed by atoms with E-state index in [-0.39, 0.29) is 0 Å². The molecule has 0 bridgehead atoms. The molecule has 1 rings (SSSR count). The monoisotopic (exact) mass is 360 g/mol. The number of carbonyl (C=O) groups is 2. The van der Waals surface area contributed by atoms with Crippen LogP contribution in [0.5, 0.6) is 0 Å². The summed E-state index contributed by atoms with van der Waals surface area (Å²) < 4.78 is 14.2. The predicted octanol–water partition coefficient (Wildman–Crippen LogP) is -6.79. The van der Waals surface area contributed by atoms with Gasteiger partial charge in [-0.3, -0.25) is 0 Å². The van der Waals surface area contributed by atoms with Gasteiger partial charge in [0.25, 0.3) is 0 Å². The van der Waals surface area contributed by atoms with E-state index in [1.165, 1.54) is 0 Å². The number of nitrogens with one attached hydrogen (secondary N) is 2. The summed E-state index contributed by atoms with van der Waals surface area (Å²) >= 11 is 0. The number of aliphatic hydroxyl groups is 3. The quantitative estimate of drug-likeness (QED) is 0.153. The topological polar surface area (TPSA) is 212 Å². The molecule has 0 aromatic carbocycles. The molecule has 9 N–H and O–H groups in total. The average Bonchev–Trinajstić information content (AvgIpc) is 2.45. The second-order valence-corrected chi connectivity index (χ2v) is 4.87. The average molecular weight is 360 g/mol. The Morgan fingerprint density at radius 1 is 0.875 bits per heavy atom. The van der Waals surface area contributed by atoms with Crippen molar-refractivity contribution in [2.45, 2.75) is 30.7 Å². The van der Waals surface area contributed by atoms with Gasteiger partial charge in [0.2, 0.25) is 19.4 Å². The standard InChI is InChI=1S/C10H18N2O12/c13-5(1-11(18)19)22-3-4-7(15)8(16)9(17)10(23-4)24-6(14)2-12(20)21/h4,7-10,15-21H,1-3H2/p+2/t4-,7-,8+,9-,10+/m1/s1. The third-order valence-electron chi connectivity index (χ3n) is 2.93. The molecule has 1 aliphatic rings. The summed E-state index contributed by atoms with van der Waals surface area (Å²) in [5, 5.41) is 60.9. The van der Waals surface area contributed by atoms with Gasteiger partial charge in [-0.1, -0.05) is 0 Å². The first-order valence-electron chi connectivity index (χ1n) is 6.64. The van der Waals surface area contributed by atoms with Gasteiger partial charge in [-0.15, -0.1) is 0 Å². The van der Waals surface area contributed by atoms with E-state index >= 15 is 0 Å². The Morgan fingerprint density at radius 2 is 1.42 bits per heavy atom. The third-order valence-corrected chi connectivity index (χ3v) is 2.93. The van der Waals surface area contributed by atoms with E-state index in [1.807, 2.05) is 0 Å². The van der Waals surface area contributed by atoms with Crippen molar-refractivity contribution >= 4 is 11.9 Å². The molecular weight excluding hydrogens is 340 g/mol. The van der Waals surface area contributed by atoms with Crippen molar-refractivity contribution in [1.82, 2.24) is 0 Å². The fourth-order valence-electron chi connectivity index (χ4n) is 1.81. The van der Waals surface area contributed by atoms with E-state index in [4.69, 9.17) is 25.6 Å². The Kier molecular flexibility index (Phi) is 7.84. The molecule has 0 aromatic heterocycles. The zero-order chi connectivity index (χ0) is 18.4. The third kappa shape index (κ3) is 6.21. The molecule has 0 radical (unpaired) electrons. The molecule has 1 fully saturated rings. The highest BCUT2D eigenvalue weighted by atomic mass is 16.8. The molecule has 1 aliphatic heterocycles. The zero-order valence-corrected chi connectivity index (χ0v) is 12.2. The lowest BCUT2D eigenvalue weighted by Gasteiger charge is -2.39. The van der Waals surface area contributed by atoms with Gasteiger partial charge in [0.1, 0.15) is 31.0 Å². The maximum Gasteiger partial charge on any atom is 0.370 e. The number of esters is 2. The lowest BCUT2D eigenvalue weighted by atomic mass is 9.99. The van der Waals surface area contributed by atoms with Crippen LogP contribution in [-0.2, 0) is 23.8 Å². The summed E-state index contributed by atoms with van der Waals surface area (Å²) in [5.41, 5.74) is 0. The molecule has 0 spiro atoms.